The van der Waals surface area contributed by atoms with Crippen LogP contribution in [0.5, 0.6) is 0 Å². The Morgan fingerprint density at radius 2 is 2.00 bits per heavy atom. The van der Waals surface area contributed by atoms with Crippen LogP contribution in [0.3, 0.4) is 0 Å². The molecule has 2 nitrogen and oxygen atoms in total. The molecule has 1 N–H and O–H groups in total. The molecule has 1 aromatic rings. The van der Waals surface area contributed by atoms with Gasteiger partial charge in [-0.2, -0.15) is 0 Å². The maximum Gasteiger partial charge on any atom is 0.0476 e. The first-order valence-corrected chi connectivity index (χ1v) is 8.26. The largest absolute Gasteiger partial charge is 0.381 e. The fraction of sp³-hybridized carbons (Fsp3) is 0.625. The van der Waals surface area contributed by atoms with Crippen LogP contribution in [0, 0.1) is 6.92 Å². The molecule has 2 fully saturated rings. The molecular weight excluding hydrogens is 254 g/mol. The molecule has 104 valence electrons. The zero-order chi connectivity index (χ0) is 13.1. The molecule has 1 aromatic carbocycles. The summed E-state index contributed by atoms with van der Waals surface area (Å²) in [4.78, 5) is 1.42. The van der Waals surface area contributed by atoms with E-state index < -0.39 is 0 Å². The zero-order valence-electron chi connectivity index (χ0n) is 11.7. The second-order valence-electron chi connectivity index (χ2n) is 5.67. The van der Waals surface area contributed by atoms with Gasteiger partial charge in [0.15, 0.2) is 0 Å². The molecule has 2 aliphatic rings. The highest BCUT2D eigenvalue weighted by molar-refractivity contribution is 8.00. The number of rotatable bonds is 5. The van der Waals surface area contributed by atoms with E-state index in [0.29, 0.717) is 0 Å². The topological polar surface area (TPSA) is 21.3 Å². The highest BCUT2D eigenvalue weighted by Crippen LogP contribution is 2.31. The first-order chi connectivity index (χ1) is 9.31. The Labute approximate surface area is 120 Å². The molecule has 0 bridgehead atoms. The van der Waals surface area contributed by atoms with Crippen LogP contribution in [0.2, 0.25) is 0 Å². The number of thioether (sulfide) groups is 1. The quantitative estimate of drug-likeness (QED) is 0.890. The molecule has 0 unspecified atom stereocenters. The van der Waals surface area contributed by atoms with E-state index in [1.165, 1.54) is 41.7 Å². The summed E-state index contributed by atoms with van der Waals surface area (Å²) in [5.41, 5.74) is 2.87. The van der Waals surface area contributed by atoms with Gasteiger partial charge in [-0.1, -0.05) is 6.07 Å². The van der Waals surface area contributed by atoms with Crippen molar-refractivity contribution in [2.75, 3.05) is 13.2 Å². The van der Waals surface area contributed by atoms with Crippen LogP contribution >= 0.6 is 11.8 Å². The van der Waals surface area contributed by atoms with Crippen LogP contribution in [0.1, 0.15) is 36.8 Å². The maximum atomic E-state index is 5.42. The van der Waals surface area contributed by atoms with Gasteiger partial charge < -0.3 is 10.1 Å². The van der Waals surface area contributed by atoms with Crippen LogP contribution in [-0.2, 0) is 11.3 Å². The minimum Gasteiger partial charge on any atom is -0.381 e. The van der Waals surface area contributed by atoms with E-state index in [4.69, 9.17) is 4.74 Å². The summed E-state index contributed by atoms with van der Waals surface area (Å²) in [5, 5.41) is 4.33. The molecule has 1 heterocycles. The smallest absolute Gasteiger partial charge is 0.0476 e. The molecule has 1 saturated heterocycles. The first kappa shape index (κ1) is 13.5. The predicted octanol–water partition coefficient (Wildman–Crippen LogP) is 3.52. The van der Waals surface area contributed by atoms with Gasteiger partial charge in [0, 0.05) is 35.9 Å². The van der Waals surface area contributed by atoms with E-state index in [1.54, 1.807) is 0 Å². The van der Waals surface area contributed by atoms with Crippen molar-refractivity contribution in [1.82, 2.24) is 5.32 Å². The molecule has 3 rings (SSSR count). The lowest BCUT2D eigenvalue weighted by atomic mass is 10.1. The molecule has 3 heteroatoms. The Kier molecular flexibility index (Phi) is 4.46. The molecule has 0 radical (unpaired) electrons. The SMILES string of the molecule is Cc1cc(SC2CCOCC2)ccc1CNC1CC1. The van der Waals surface area contributed by atoms with Gasteiger partial charge in [-0.05, 0) is 55.9 Å². The van der Waals surface area contributed by atoms with Crippen molar-refractivity contribution in [1.29, 1.82) is 0 Å². The Morgan fingerprint density at radius 3 is 2.68 bits per heavy atom. The number of benzene rings is 1. The molecular formula is C16H23NOS. The van der Waals surface area contributed by atoms with E-state index in [2.05, 4.69) is 30.4 Å². The lowest BCUT2D eigenvalue weighted by molar-refractivity contribution is 0.100. The molecule has 1 saturated carbocycles. The molecule has 1 aliphatic carbocycles. The Hall–Kier alpha value is -0.510. The third-order valence-electron chi connectivity index (χ3n) is 3.94. The van der Waals surface area contributed by atoms with Crippen molar-refractivity contribution in [3.8, 4) is 0 Å². The van der Waals surface area contributed by atoms with Crippen molar-refractivity contribution < 1.29 is 4.74 Å². The monoisotopic (exact) mass is 277 g/mol. The number of aryl methyl sites for hydroxylation is 1. The van der Waals surface area contributed by atoms with Crippen LogP contribution in [0.25, 0.3) is 0 Å². The number of hydrogen-bond donors (Lipinski definition) is 1. The average Bonchev–Trinajstić information content (AvgIpc) is 3.23. The van der Waals surface area contributed by atoms with Gasteiger partial charge >= 0.3 is 0 Å². The predicted molar refractivity (Wildman–Crippen MR) is 80.7 cm³/mol. The summed E-state index contributed by atoms with van der Waals surface area (Å²) in [7, 11) is 0. The van der Waals surface area contributed by atoms with E-state index in [0.717, 1.165) is 31.1 Å². The van der Waals surface area contributed by atoms with Crippen LogP contribution in [-0.4, -0.2) is 24.5 Å². The summed E-state index contributed by atoms with van der Waals surface area (Å²) in [5.74, 6) is 0. The summed E-state index contributed by atoms with van der Waals surface area (Å²) < 4.78 is 5.42. The number of hydrogen-bond acceptors (Lipinski definition) is 3. The summed E-state index contributed by atoms with van der Waals surface area (Å²) >= 11 is 2.02. The Bertz CT molecular complexity index is 425. The van der Waals surface area contributed by atoms with Crippen molar-refractivity contribution in [2.24, 2.45) is 0 Å². The Balaban J connectivity index is 1.57. The van der Waals surface area contributed by atoms with Gasteiger partial charge in [0.25, 0.3) is 0 Å². The lowest BCUT2D eigenvalue weighted by Crippen LogP contribution is -2.17. The molecule has 0 aromatic heterocycles. The van der Waals surface area contributed by atoms with Crippen LogP contribution in [0.4, 0.5) is 0 Å². The third kappa shape index (κ3) is 3.98. The van der Waals surface area contributed by atoms with Gasteiger partial charge in [-0.3, -0.25) is 0 Å². The Morgan fingerprint density at radius 1 is 1.21 bits per heavy atom. The van der Waals surface area contributed by atoms with Crippen LogP contribution in [0.15, 0.2) is 23.1 Å². The van der Waals surface area contributed by atoms with Gasteiger partial charge in [0.2, 0.25) is 0 Å². The fourth-order valence-corrected chi connectivity index (χ4v) is 3.67. The zero-order valence-corrected chi connectivity index (χ0v) is 12.5. The third-order valence-corrected chi connectivity index (χ3v) is 5.27. The fourth-order valence-electron chi connectivity index (χ4n) is 2.47. The van der Waals surface area contributed by atoms with E-state index in [9.17, 15) is 0 Å². The summed E-state index contributed by atoms with van der Waals surface area (Å²) in [6.45, 7) is 5.12. The van der Waals surface area contributed by atoms with Crippen molar-refractivity contribution in [3.63, 3.8) is 0 Å². The van der Waals surface area contributed by atoms with Crippen LogP contribution < -0.4 is 5.32 Å². The summed E-state index contributed by atoms with van der Waals surface area (Å²) in [6.07, 6.45) is 5.09. The van der Waals surface area contributed by atoms with E-state index in [-0.39, 0.29) is 0 Å². The molecule has 0 amide bonds. The van der Waals surface area contributed by atoms with Gasteiger partial charge in [-0.15, -0.1) is 11.8 Å². The highest BCUT2D eigenvalue weighted by Gasteiger charge is 2.20. The minimum absolute atomic E-state index is 0.739. The van der Waals surface area contributed by atoms with Gasteiger partial charge in [0.1, 0.15) is 0 Å². The standard InChI is InChI=1S/C16H23NOS/c1-12-10-16(19-15-6-8-18-9-7-15)5-2-13(12)11-17-14-3-4-14/h2,5,10,14-15,17H,3-4,6-9,11H2,1H3. The van der Waals surface area contributed by atoms with E-state index in [1.807, 2.05) is 11.8 Å². The first-order valence-electron chi connectivity index (χ1n) is 7.38. The van der Waals surface area contributed by atoms with Gasteiger partial charge in [-0.25, -0.2) is 0 Å². The van der Waals surface area contributed by atoms with Gasteiger partial charge in [0.05, 0.1) is 0 Å². The van der Waals surface area contributed by atoms with Crippen molar-refractivity contribution in [3.05, 3.63) is 29.3 Å². The van der Waals surface area contributed by atoms with E-state index >= 15 is 0 Å². The van der Waals surface area contributed by atoms with Crippen molar-refractivity contribution >= 4 is 11.8 Å². The number of ether oxygens (including phenoxy) is 1. The lowest BCUT2D eigenvalue weighted by Gasteiger charge is -2.21. The maximum absolute atomic E-state index is 5.42. The second kappa shape index (κ2) is 6.29. The number of nitrogens with one attached hydrogen (secondary N) is 1. The minimum atomic E-state index is 0.739. The normalized spacial score (nSPS) is 20.7. The summed E-state index contributed by atoms with van der Waals surface area (Å²) in [6, 6.07) is 7.73. The molecule has 0 atom stereocenters. The van der Waals surface area contributed by atoms with Crippen molar-refractivity contribution in [2.45, 2.75) is 55.3 Å². The highest BCUT2D eigenvalue weighted by atomic mass is 32.2. The second-order valence-corrected chi connectivity index (χ2v) is 7.05. The molecule has 0 spiro atoms. The molecule has 1 aliphatic heterocycles. The molecule has 19 heavy (non-hydrogen) atoms. The average molecular weight is 277 g/mol.